The molecule has 0 bridgehead atoms. The second kappa shape index (κ2) is 6.26. The van der Waals surface area contributed by atoms with Gasteiger partial charge in [0, 0.05) is 18.4 Å². The molecule has 5 heteroatoms. The number of carbonyl (C=O) groups excluding carboxylic acids is 2. The molecule has 1 aromatic rings. The molecule has 0 saturated heterocycles. The van der Waals surface area contributed by atoms with Crippen LogP contribution in [0.25, 0.3) is 0 Å². The first-order valence-electron chi connectivity index (χ1n) is 5.73. The van der Waals surface area contributed by atoms with Crippen LogP contribution in [0, 0.1) is 6.92 Å². The molecular formula is C13H18N2O3. The van der Waals surface area contributed by atoms with Crippen molar-refractivity contribution < 1.29 is 14.3 Å². The Morgan fingerprint density at radius 2 is 2.11 bits per heavy atom. The summed E-state index contributed by atoms with van der Waals surface area (Å²) in [7, 11) is 1.48. The Morgan fingerprint density at radius 1 is 1.44 bits per heavy atom. The highest BCUT2D eigenvalue weighted by Gasteiger charge is 2.11. The summed E-state index contributed by atoms with van der Waals surface area (Å²) in [6.45, 7) is 5.28. The average Bonchev–Trinajstić information content (AvgIpc) is 2.34. The van der Waals surface area contributed by atoms with Crippen LogP contribution in [0.3, 0.4) is 0 Å². The molecule has 0 aliphatic carbocycles. The van der Waals surface area contributed by atoms with E-state index in [1.807, 2.05) is 0 Å². The maximum Gasteiger partial charge on any atom is 0.249 e. The van der Waals surface area contributed by atoms with E-state index in [2.05, 4.69) is 10.3 Å². The van der Waals surface area contributed by atoms with E-state index in [0.717, 1.165) is 0 Å². The zero-order valence-corrected chi connectivity index (χ0v) is 11.1. The van der Waals surface area contributed by atoms with Crippen molar-refractivity contribution in [3.63, 3.8) is 0 Å². The Morgan fingerprint density at radius 3 is 2.61 bits per heavy atom. The largest absolute Gasteiger partial charge is 0.372 e. The van der Waals surface area contributed by atoms with Gasteiger partial charge in [-0.2, -0.15) is 0 Å². The van der Waals surface area contributed by atoms with Crippen LogP contribution in [0.15, 0.2) is 12.1 Å². The minimum atomic E-state index is -0.484. The van der Waals surface area contributed by atoms with Crippen LogP contribution in [-0.2, 0) is 16.1 Å². The van der Waals surface area contributed by atoms with Gasteiger partial charge in [-0.3, -0.25) is 14.6 Å². The summed E-state index contributed by atoms with van der Waals surface area (Å²) in [5.74, 6) is -0.198. The van der Waals surface area contributed by atoms with Crippen molar-refractivity contribution in [2.24, 2.45) is 0 Å². The number of ether oxygens (including phenoxy) is 1. The fourth-order valence-electron chi connectivity index (χ4n) is 1.51. The molecule has 1 amide bonds. The molecule has 5 nitrogen and oxygen atoms in total. The van der Waals surface area contributed by atoms with Crippen LogP contribution >= 0.6 is 0 Å². The number of hydrogen-bond donors (Lipinski definition) is 1. The Kier molecular flexibility index (Phi) is 4.97. The van der Waals surface area contributed by atoms with E-state index in [0.29, 0.717) is 23.5 Å². The van der Waals surface area contributed by atoms with Crippen molar-refractivity contribution >= 4 is 11.7 Å². The van der Waals surface area contributed by atoms with Gasteiger partial charge in [-0.1, -0.05) is 0 Å². The molecule has 98 valence electrons. The number of pyridine rings is 1. The normalized spacial score (nSPS) is 12.0. The van der Waals surface area contributed by atoms with Crippen molar-refractivity contribution in [1.29, 1.82) is 0 Å². The highest BCUT2D eigenvalue weighted by molar-refractivity contribution is 5.95. The lowest BCUT2D eigenvalue weighted by Gasteiger charge is -2.10. The number of rotatable bonds is 5. The SMILES string of the molecule is CO[C@@H](C)C(=O)NCc1ccc(C(C)=O)c(C)n1. The smallest absolute Gasteiger partial charge is 0.249 e. The Bertz CT molecular complexity index is 458. The van der Waals surface area contributed by atoms with Gasteiger partial charge >= 0.3 is 0 Å². The number of aromatic nitrogens is 1. The summed E-state index contributed by atoms with van der Waals surface area (Å²) in [6, 6.07) is 3.47. The molecule has 0 radical (unpaired) electrons. The summed E-state index contributed by atoms with van der Waals surface area (Å²) in [5.41, 5.74) is 2.00. The number of carbonyl (C=O) groups is 2. The van der Waals surface area contributed by atoms with Gasteiger partial charge in [0.05, 0.1) is 12.2 Å². The fourth-order valence-corrected chi connectivity index (χ4v) is 1.51. The van der Waals surface area contributed by atoms with E-state index in [1.165, 1.54) is 14.0 Å². The first-order valence-corrected chi connectivity index (χ1v) is 5.73. The Balaban J connectivity index is 2.67. The van der Waals surface area contributed by atoms with Crippen molar-refractivity contribution in [2.75, 3.05) is 7.11 Å². The minimum absolute atomic E-state index is 0.0106. The number of aryl methyl sites for hydroxylation is 1. The summed E-state index contributed by atoms with van der Waals surface area (Å²) < 4.78 is 4.90. The molecule has 0 aromatic carbocycles. The van der Waals surface area contributed by atoms with Crippen LogP contribution in [0.4, 0.5) is 0 Å². The van der Waals surface area contributed by atoms with Crippen LogP contribution in [0.1, 0.15) is 35.6 Å². The van der Waals surface area contributed by atoms with E-state index >= 15 is 0 Å². The Labute approximate surface area is 107 Å². The number of amides is 1. The molecule has 1 aromatic heterocycles. The van der Waals surface area contributed by atoms with Crippen molar-refractivity contribution in [3.8, 4) is 0 Å². The van der Waals surface area contributed by atoms with Crippen molar-refractivity contribution in [1.82, 2.24) is 10.3 Å². The Hall–Kier alpha value is -1.75. The van der Waals surface area contributed by atoms with Gasteiger partial charge in [-0.25, -0.2) is 0 Å². The number of ketones is 1. The third-order valence-electron chi connectivity index (χ3n) is 2.69. The zero-order valence-electron chi connectivity index (χ0n) is 11.1. The lowest BCUT2D eigenvalue weighted by atomic mass is 10.1. The molecule has 1 N–H and O–H groups in total. The summed E-state index contributed by atoms with van der Waals surface area (Å²) >= 11 is 0. The number of nitrogens with one attached hydrogen (secondary N) is 1. The van der Waals surface area contributed by atoms with E-state index in [-0.39, 0.29) is 11.7 Å². The summed E-state index contributed by atoms with van der Waals surface area (Å²) in [4.78, 5) is 27.0. The van der Waals surface area contributed by atoms with E-state index in [4.69, 9.17) is 4.74 Å². The van der Waals surface area contributed by atoms with E-state index < -0.39 is 6.10 Å². The van der Waals surface area contributed by atoms with Gasteiger partial charge in [0.25, 0.3) is 0 Å². The number of hydrogen-bond acceptors (Lipinski definition) is 4. The summed E-state index contributed by atoms with van der Waals surface area (Å²) in [6.07, 6.45) is -0.484. The lowest BCUT2D eigenvalue weighted by molar-refractivity contribution is -0.130. The van der Waals surface area contributed by atoms with Gasteiger partial charge in [-0.15, -0.1) is 0 Å². The number of methoxy groups -OCH3 is 1. The predicted molar refractivity (Wildman–Crippen MR) is 67.3 cm³/mol. The fraction of sp³-hybridized carbons (Fsp3) is 0.462. The molecule has 1 atom stereocenters. The van der Waals surface area contributed by atoms with Crippen LogP contribution in [-0.4, -0.2) is 29.9 Å². The third-order valence-corrected chi connectivity index (χ3v) is 2.69. The second-order valence-corrected chi connectivity index (χ2v) is 4.09. The molecule has 0 aliphatic heterocycles. The van der Waals surface area contributed by atoms with Gasteiger partial charge in [0.15, 0.2) is 5.78 Å². The molecular weight excluding hydrogens is 232 g/mol. The third kappa shape index (κ3) is 3.63. The zero-order chi connectivity index (χ0) is 13.7. The van der Waals surface area contributed by atoms with Crippen LogP contribution in [0.5, 0.6) is 0 Å². The maximum absolute atomic E-state index is 11.5. The van der Waals surface area contributed by atoms with E-state index in [9.17, 15) is 9.59 Å². The molecule has 0 unspecified atom stereocenters. The van der Waals surface area contributed by atoms with Crippen LogP contribution < -0.4 is 5.32 Å². The molecule has 0 fully saturated rings. The van der Waals surface area contributed by atoms with Gasteiger partial charge in [0.2, 0.25) is 5.91 Å². The van der Waals surface area contributed by atoms with Gasteiger partial charge in [0.1, 0.15) is 6.10 Å². The van der Waals surface area contributed by atoms with Gasteiger partial charge < -0.3 is 10.1 Å². The number of Topliss-reactive ketones (excluding diaryl/α,β-unsaturated/α-hetero) is 1. The average molecular weight is 250 g/mol. The molecule has 0 spiro atoms. The molecule has 18 heavy (non-hydrogen) atoms. The maximum atomic E-state index is 11.5. The van der Waals surface area contributed by atoms with Gasteiger partial charge in [-0.05, 0) is 32.9 Å². The van der Waals surface area contributed by atoms with Crippen molar-refractivity contribution in [3.05, 3.63) is 29.1 Å². The first-order chi connectivity index (χ1) is 8.45. The highest BCUT2D eigenvalue weighted by atomic mass is 16.5. The van der Waals surface area contributed by atoms with Crippen molar-refractivity contribution in [2.45, 2.75) is 33.4 Å². The van der Waals surface area contributed by atoms with Crippen LogP contribution in [0.2, 0.25) is 0 Å². The molecule has 0 saturated carbocycles. The topological polar surface area (TPSA) is 68.3 Å². The minimum Gasteiger partial charge on any atom is -0.372 e. The molecule has 1 heterocycles. The lowest BCUT2D eigenvalue weighted by Crippen LogP contribution is -2.33. The monoisotopic (exact) mass is 250 g/mol. The standard InChI is InChI=1S/C13H18N2O3/c1-8-12(9(2)16)6-5-11(15-8)7-14-13(17)10(3)18-4/h5-6,10H,7H2,1-4H3,(H,14,17)/t10-/m0/s1. The molecule has 0 aliphatic rings. The second-order valence-electron chi connectivity index (χ2n) is 4.09. The molecule has 1 rings (SSSR count). The number of nitrogens with zero attached hydrogens (tertiary/aromatic N) is 1. The highest BCUT2D eigenvalue weighted by Crippen LogP contribution is 2.07. The predicted octanol–water partition coefficient (Wildman–Crippen LogP) is 1.24. The first kappa shape index (κ1) is 14.3. The summed E-state index contributed by atoms with van der Waals surface area (Å²) in [5, 5.41) is 2.71. The van der Waals surface area contributed by atoms with E-state index in [1.54, 1.807) is 26.0 Å². The quantitative estimate of drug-likeness (QED) is 0.798.